The number of ether oxygens (including phenoxy) is 1. The molecule has 2 nitrogen and oxygen atoms in total. The fourth-order valence-corrected chi connectivity index (χ4v) is 14.1. The van der Waals surface area contributed by atoms with Gasteiger partial charge in [0.2, 0.25) is 0 Å². The molecule has 0 aromatic heterocycles. The van der Waals surface area contributed by atoms with Gasteiger partial charge in [0.15, 0.2) is 11.5 Å². The van der Waals surface area contributed by atoms with E-state index in [1.165, 1.54) is 117 Å². The molecule has 0 unspecified atom stereocenters. The number of hydrogen-bond donors (Lipinski definition) is 0. The second kappa shape index (κ2) is 16.4. The number of hydrogen-bond acceptors (Lipinski definition) is 2. The molecule has 4 aliphatic rings. The zero-order valence-corrected chi connectivity index (χ0v) is 44.3. The summed E-state index contributed by atoms with van der Waals surface area (Å²) in [6, 6.07) is 75.4. The minimum atomic E-state index is -0.299. The number of nitrogens with zero attached hydrogens (tertiary/aromatic N) is 1. The van der Waals surface area contributed by atoms with Gasteiger partial charge in [-0.1, -0.05) is 219 Å². The number of benzene rings is 10. The van der Waals surface area contributed by atoms with Crippen molar-refractivity contribution in [2.75, 3.05) is 4.90 Å². The molecule has 364 valence electrons. The second-order valence-corrected chi connectivity index (χ2v) is 22.9. The van der Waals surface area contributed by atoms with E-state index in [1.807, 2.05) is 0 Å². The van der Waals surface area contributed by atoms with Gasteiger partial charge in [-0.25, -0.2) is 0 Å². The van der Waals surface area contributed by atoms with Gasteiger partial charge in [0.25, 0.3) is 0 Å². The number of anilines is 3. The van der Waals surface area contributed by atoms with Crippen LogP contribution in [0.4, 0.5) is 17.1 Å². The summed E-state index contributed by atoms with van der Waals surface area (Å²) in [5, 5.41) is 0. The van der Waals surface area contributed by atoms with Gasteiger partial charge in [-0.05, 0) is 161 Å². The van der Waals surface area contributed by atoms with Crippen molar-refractivity contribution in [3.05, 3.63) is 245 Å². The molecule has 10 aromatic carbocycles. The van der Waals surface area contributed by atoms with E-state index < -0.39 is 0 Å². The second-order valence-electron chi connectivity index (χ2n) is 22.9. The van der Waals surface area contributed by atoms with Gasteiger partial charge in [0.1, 0.15) is 0 Å². The Bertz CT molecular complexity index is 3880. The third kappa shape index (κ3) is 6.45. The lowest BCUT2D eigenvalue weighted by atomic mass is 9.74. The predicted octanol–water partition coefficient (Wildman–Crippen LogP) is 20.0. The lowest BCUT2D eigenvalue weighted by Gasteiger charge is -2.38. The van der Waals surface area contributed by atoms with Gasteiger partial charge in [0, 0.05) is 27.4 Å². The van der Waals surface area contributed by atoms with Crippen molar-refractivity contribution in [1.29, 1.82) is 0 Å². The SMILES string of the molecule is CCc1ccccc1-c1c(CC)c(-c2ccccc2)c2c(c1N1c3ccc(-c4ccc5c(c4)C(C)(C)c4ccccc4-5)cc3Oc3cc(-c4ccc5c(c4)C(C)(C)c4ccccc4-5)ccc31)-c1ccccc1C2(C)C. The molecule has 0 spiro atoms. The molecule has 10 aromatic rings. The third-order valence-electron chi connectivity index (χ3n) is 17.8. The Morgan fingerprint density at radius 3 is 1.32 bits per heavy atom. The first-order valence-electron chi connectivity index (χ1n) is 27.1. The van der Waals surface area contributed by atoms with Gasteiger partial charge in [-0.3, -0.25) is 0 Å². The largest absolute Gasteiger partial charge is 0.453 e. The molecule has 0 saturated carbocycles. The molecule has 0 radical (unpaired) electrons. The number of aryl methyl sites for hydroxylation is 1. The molecular weight excluding hydrogens is 907 g/mol. The van der Waals surface area contributed by atoms with Crippen LogP contribution < -0.4 is 9.64 Å². The molecule has 0 amide bonds. The highest BCUT2D eigenvalue weighted by molar-refractivity contribution is 6.09. The van der Waals surface area contributed by atoms with E-state index in [4.69, 9.17) is 4.74 Å². The van der Waals surface area contributed by atoms with E-state index >= 15 is 0 Å². The highest BCUT2D eigenvalue weighted by atomic mass is 16.5. The van der Waals surface area contributed by atoms with Crippen LogP contribution in [0.5, 0.6) is 11.5 Å². The molecule has 3 aliphatic carbocycles. The number of rotatable bonds is 7. The maximum atomic E-state index is 7.45. The summed E-state index contributed by atoms with van der Waals surface area (Å²) in [5.41, 5.74) is 31.3. The van der Waals surface area contributed by atoms with Gasteiger partial charge in [-0.15, -0.1) is 0 Å². The molecule has 0 fully saturated rings. The highest BCUT2D eigenvalue weighted by Crippen LogP contribution is 2.64. The molecule has 2 heteroatoms. The smallest absolute Gasteiger partial charge is 0.152 e. The minimum Gasteiger partial charge on any atom is -0.453 e. The standard InChI is InChI=1S/C73H61NO/c1-9-44-22-14-15-25-51(44)67-50(10-2)66(45-23-12-11-13-24-45)69-68(56-28-18-21-31-59(56)73(69,7)8)70(67)74-62-38-34-48(46-32-36-54-52-26-16-19-29-57(52)71(3,4)60(54)40-46)42-64(62)75-65-43-49(35-39-63(65)74)47-33-37-55-53-27-17-20-30-58(53)72(5,6)61(55)41-47/h11-43H,9-10H2,1-8H3. The number of fused-ring (bicyclic) bond motifs is 11. The first-order valence-corrected chi connectivity index (χ1v) is 27.1. The van der Waals surface area contributed by atoms with Crippen LogP contribution in [0.15, 0.2) is 200 Å². The summed E-state index contributed by atoms with van der Waals surface area (Å²) in [6.45, 7) is 19.0. The average Bonchev–Trinajstić information content (AvgIpc) is 3.93. The Morgan fingerprint density at radius 1 is 0.347 bits per heavy atom. The maximum absolute atomic E-state index is 7.45. The topological polar surface area (TPSA) is 12.5 Å². The van der Waals surface area contributed by atoms with Crippen molar-refractivity contribution in [3.63, 3.8) is 0 Å². The molecule has 1 heterocycles. The molecule has 0 atom stereocenters. The van der Waals surface area contributed by atoms with Crippen LogP contribution in [0.1, 0.15) is 99.9 Å². The van der Waals surface area contributed by atoms with E-state index in [-0.39, 0.29) is 16.2 Å². The Kier molecular flexibility index (Phi) is 9.93. The molecule has 1 aliphatic heterocycles. The monoisotopic (exact) mass is 967 g/mol. The van der Waals surface area contributed by atoms with E-state index in [1.54, 1.807) is 0 Å². The molecular formula is C73H61NO. The van der Waals surface area contributed by atoms with Gasteiger partial charge < -0.3 is 9.64 Å². The summed E-state index contributed by atoms with van der Waals surface area (Å²) >= 11 is 0. The van der Waals surface area contributed by atoms with Crippen molar-refractivity contribution in [2.24, 2.45) is 0 Å². The molecule has 0 bridgehead atoms. The van der Waals surface area contributed by atoms with E-state index in [0.29, 0.717) is 0 Å². The van der Waals surface area contributed by atoms with Crippen molar-refractivity contribution in [3.8, 4) is 89.4 Å². The zero-order valence-electron chi connectivity index (χ0n) is 44.3. The third-order valence-corrected chi connectivity index (χ3v) is 17.8. The van der Waals surface area contributed by atoms with Gasteiger partial charge >= 0.3 is 0 Å². The Balaban J connectivity index is 1.05. The van der Waals surface area contributed by atoms with E-state index in [9.17, 15) is 0 Å². The predicted molar refractivity (Wildman–Crippen MR) is 314 cm³/mol. The van der Waals surface area contributed by atoms with Crippen LogP contribution in [0.2, 0.25) is 0 Å². The van der Waals surface area contributed by atoms with Crippen molar-refractivity contribution in [2.45, 2.75) is 84.5 Å². The zero-order chi connectivity index (χ0) is 51.1. The van der Waals surface area contributed by atoms with Gasteiger partial charge in [-0.2, -0.15) is 0 Å². The summed E-state index contributed by atoms with van der Waals surface area (Å²) in [4.78, 5) is 2.60. The van der Waals surface area contributed by atoms with Gasteiger partial charge in [0.05, 0.1) is 17.1 Å². The Hall–Kier alpha value is -8.20. The molecule has 0 N–H and O–H groups in total. The van der Waals surface area contributed by atoms with Crippen LogP contribution in [-0.2, 0) is 29.1 Å². The normalized spacial score (nSPS) is 15.2. The van der Waals surface area contributed by atoms with Crippen LogP contribution >= 0.6 is 0 Å². The average molecular weight is 968 g/mol. The van der Waals surface area contributed by atoms with E-state index in [2.05, 4.69) is 260 Å². The Morgan fingerprint density at radius 2 is 0.787 bits per heavy atom. The molecule has 14 rings (SSSR count). The Labute approximate surface area is 443 Å². The summed E-state index contributed by atoms with van der Waals surface area (Å²) in [6.07, 6.45) is 1.76. The van der Waals surface area contributed by atoms with E-state index in [0.717, 1.165) is 46.8 Å². The maximum Gasteiger partial charge on any atom is 0.152 e. The van der Waals surface area contributed by atoms with Crippen LogP contribution in [0.3, 0.4) is 0 Å². The fraction of sp³-hybridized carbons (Fsp3) is 0.178. The first-order chi connectivity index (χ1) is 36.4. The lowest BCUT2D eigenvalue weighted by molar-refractivity contribution is 0.477. The minimum absolute atomic E-state index is 0.118. The van der Waals surface area contributed by atoms with Crippen LogP contribution in [0, 0.1) is 0 Å². The van der Waals surface area contributed by atoms with Crippen molar-refractivity contribution in [1.82, 2.24) is 0 Å². The fourth-order valence-electron chi connectivity index (χ4n) is 14.1. The molecule has 75 heavy (non-hydrogen) atoms. The first kappa shape index (κ1) is 45.4. The lowest BCUT2D eigenvalue weighted by Crippen LogP contribution is -2.21. The van der Waals surface area contributed by atoms with Crippen molar-refractivity contribution < 1.29 is 4.74 Å². The van der Waals surface area contributed by atoms with Crippen LogP contribution in [-0.4, -0.2) is 0 Å². The highest BCUT2D eigenvalue weighted by Gasteiger charge is 2.45. The quantitative estimate of drug-likeness (QED) is 0.158. The van der Waals surface area contributed by atoms with Crippen molar-refractivity contribution >= 4 is 17.1 Å². The molecule has 0 saturated heterocycles. The van der Waals surface area contributed by atoms with Crippen LogP contribution in [0.25, 0.3) is 77.9 Å². The summed E-state index contributed by atoms with van der Waals surface area (Å²) < 4.78 is 7.45. The summed E-state index contributed by atoms with van der Waals surface area (Å²) in [5.74, 6) is 1.68. The summed E-state index contributed by atoms with van der Waals surface area (Å²) in [7, 11) is 0.